The SMILES string of the molecule is COc1ccnc(CN(C)[C@@H](C)c2nc(C)sc2C)c1OC. The van der Waals surface area contributed by atoms with Crippen molar-refractivity contribution in [2.45, 2.75) is 33.4 Å². The second-order valence-electron chi connectivity index (χ2n) is 5.26. The minimum Gasteiger partial charge on any atom is -0.493 e. The topological polar surface area (TPSA) is 47.5 Å². The fourth-order valence-electron chi connectivity index (χ4n) is 2.48. The molecule has 0 radical (unpaired) electrons. The molecule has 0 unspecified atom stereocenters. The third-order valence-electron chi connectivity index (χ3n) is 3.76. The van der Waals surface area contributed by atoms with Crippen molar-refractivity contribution in [1.29, 1.82) is 0 Å². The minimum atomic E-state index is 0.211. The molecule has 6 heteroatoms. The first kappa shape index (κ1) is 16.7. The third kappa shape index (κ3) is 3.39. The lowest BCUT2D eigenvalue weighted by molar-refractivity contribution is 0.239. The average molecular weight is 321 g/mol. The van der Waals surface area contributed by atoms with Crippen LogP contribution in [-0.4, -0.2) is 36.1 Å². The van der Waals surface area contributed by atoms with Crippen LogP contribution < -0.4 is 9.47 Å². The van der Waals surface area contributed by atoms with Gasteiger partial charge in [-0.05, 0) is 27.8 Å². The summed E-state index contributed by atoms with van der Waals surface area (Å²) in [5.74, 6) is 1.39. The molecule has 2 aromatic heterocycles. The summed E-state index contributed by atoms with van der Waals surface area (Å²) in [5.41, 5.74) is 1.99. The van der Waals surface area contributed by atoms with Crippen LogP contribution in [0.4, 0.5) is 0 Å². The number of nitrogens with zero attached hydrogens (tertiary/aromatic N) is 3. The molecule has 5 nitrogen and oxygen atoms in total. The molecule has 0 bridgehead atoms. The molecule has 0 saturated carbocycles. The Bertz CT molecular complexity index is 642. The Hall–Kier alpha value is -1.66. The molecule has 0 aliphatic rings. The van der Waals surface area contributed by atoms with Gasteiger partial charge in [0.25, 0.3) is 0 Å². The zero-order valence-corrected chi connectivity index (χ0v) is 14.8. The van der Waals surface area contributed by atoms with E-state index >= 15 is 0 Å². The van der Waals surface area contributed by atoms with E-state index in [0.29, 0.717) is 18.0 Å². The van der Waals surface area contributed by atoms with Gasteiger partial charge in [-0.3, -0.25) is 9.88 Å². The Kier molecular flexibility index (Phi) is 5.37. The predicted octanol–water partition coefficient (Wildman–Crippen LogP) is 3.37. The molecule has 0 aromatic carbocycles. The van der Waals surface area contributed by atoms with Crippen LogP contribution in [-0.2, 0) is 6.54 Å². The normalized spacial score (nSPS) is 12.5. The number of methoxy groups -OCH3 is 2. The van der Waals surface area contributed by atoms with Gasteiger partial charge >= 0.3 is 0 Å². The van der Waals surface area contributed by atoms with E-state index in [1.165, 1.54) is 4.88 Å². The molecule has 1 atom stereocenters. The van der Waals surface area contributed by atoms with E-state index in [1.54, 1.807) is 37.8 Å². The van der Waals surface area contributed by atoms with Gasteiger partial charge in [-0.1, -0.05) is 0 Å². The molecule has 2 aromatic rings. The molecule has 0 fully saturated rings. The van der Waals surface area contributed by atoms with Crippen molar-refractivity contribution >= 4 is 11.3 Å². The highest BCUT2D eigenvalue weighted by molar-refractivity contribution is 7.11. The summed E-state index contributed by atoms with van der Waals surface area (Å²) in [7, 11) is 5.34. The summed E-state index contributed by atoms with van der Waals surface area (Å²) in [6, 6.07) is 2.02. The molecular weight excluding hydrogens is 298 g/mol. The summed E-state index contributed by atoms with van der Waals surface area (Å²) in [6.07, 6.45) is 1.74. The lowest BCUT2D eigenvalue weighted by atomic mass is 10.2. The van der Waals surface area contributed by atoms with E-state index in [4.69, 9.17) is 9.47 Å². The van der Waals surface area contributed by atoms with Crippen molar-refractivity contribution in [1.82, 2.24) is 14.9 Å². The molecular formula is C16H23N3O2S. The van der Waals surface area contributed by atoms with E-state index in [-0.39, 0.29) is 6.04 Å². The second kappa shape index (κ2) is 7.07. The standard InChI is InChI=1S/C16H23N3O2S/c1-10(15-11(2)22-12(3)18-15)19(4)9-13-16(21-6)14(20-5)7-8-17-13/h7-8,10H,9H2,1-6H3/t10-/m0/s1. The molecule has 2 rings (SSSR count). The summed E-state index contributed by atoms with van der Waals surface area (Å²) in [6.45, 7) is 6.99. The number of hydrogen-bond acceptors (Lipinski definition) is 6. The van der Waals surface area contributed by atoms with E-state index in [9.17, 15) is 0 Å². The van der Waals surface area contributed by atoms with Crippen molar-refractivity contribution in [2.24, 2.45) is 0 Å². The number of aryl methyl sites for hydroxylation is 2. The summed E-state index contributed by atoms with van der Waals surface area (Å²) in [4.78, 5) is 12.6. The van der Waals surface area contributed by atoms with Gasteiger partial charge in [-0.15, -0.1) is 11.3 Å². The molecule has 0 saturated heterocycles. The maximum atomic E-state index is 5.45. The van der Waals surface area contributed by atoms with E-state index in [0.717, 1.165) is 16.4 Å². The van der Waals surface area contributed by atoms with Crippen molar-refractivity contribution < 1.29 is 9.47 Å². The number of thiazole rings is 1. The Morgan fingerprint density at radius 2 is 2.00 bits per heavy atom. The summed E-state index contributed by atoms with van der Waals surface area (Å²) in [5, 5.41) is 1.10. The minimum absolute atomic E-state index is 0.211. The van der Waals surface area contributed by atoms with Crippen LogP contribution in [0.1, 0.15) is 34.2 Å². The van der Waals surface area contributed by atoms with Gasteiger partial charge in [-0.2, -0.15) is 0 Å². The third-order valence-corrected chi connectivity index (χ3v) is 4.66. The average Bonchev–Trinajstić information content (AvgIpc) is 2.84. The molecule has 0 spiro atoms. The highest BCUT2D eigenvalue weighted by Crippen LogP contribution is 2.32. The quantitative estimate of drug-likeness (QED) is 0.816. The Morgan fingerprint density at radius 1 is 1.27 bits per heavy atom. The van der Waals surface area contributed by atoms with Crippen molar-refractivity contribution in [3.05, 3.63) is 33.5 Å². The smallest absolute Gasteiger partial charge is 0.183 e. The molecule has 22 heavy (non-hydrogen) atoms. The number of rotatable bonds is 6. The number of pyridine rings is 1. The highest BCUT2D eigenvalue weighted by atomic mass is 32.1. The maximum absolute atomic E-state index is 5.45. The van der Waals surface area contributed by atoms with E-state index in [2.05, 4.69) is 35.8 Å². The van der Waals surface area contributed by atoms with Crippen LogP contribution in [0, 0.1) is 13.8 Å². The largest absolute Gasteiger partial charge is 0.493 e. The lowest BCUT2D eigenvalue weighted by Crippen LogP contribution is -2.23. The molecule has 0 N–H and O–H groups in total. The fourth-order valence-corrected chi connectivity index (χ4v) is 3.39. The fraction of sp³-hybridized carbons (Fsp3) is 0.500. The summed E-state index contributed by atoms with van der Waals surface area (Å²) < 4.78 is 10.8. The van der Waals surface area contributed by atoms with Crippen LogP contribution in [0.3, 0.4) is 0 Å². The highest BCUT2D eigenvalue weighted by Gasteiger charge is 2.20. The monoisotopic (exact) mass is 321 g/mol. The molecule has 0 amide bonds. The first-order valence-corrected chi connectivity index (χ1v) is 7.99. The van der Waals surface area contributed by atoms with Crippen LogP contribution in [0.15, 0.2) is 12.3 Å². The van der Waals surface area contributed by atoms with Gasteiger partial charge < -0.3 is 9.47 Å². The van der Waals surface area contributed by atoms with Crippen LogP contribution in [0.5, 0.6) is 11.5 Å². The number of ether oxygens (including phenoxy) is 2. The number of aromatic nitrogens is 2. The van der Waals surface area contributed by atoms with Crippen molar-refractivity contribution in [3.8, 4) is 11.5 Å². The van der Waals surface area contributed by atoms with Gasteiger partial charge in [0.15, 0.2) is 11.5 Å². The molecule has 120 valence electrons. The van der Waals surface area contributed by atoms with Crippen molar-refractivity contribution in [3.63, 3.8) is 0 Å². The zero-order chi connectivity index (χ0) is 16.3. The Labute approximate surface area is 135 Å². The first-order valence-electron chi connectivity index (χ1n) is 7.18. The van der Waals surface area contributed by atoms with E-state index in [1.807, 2.05) is 6.92 Å². The van der Waals surface area contributed by atoms with Gasteiger partial charge in [0.2, 0.25) is 0 Å². The van der Waals surface area contributed by atoms with Crippen LogP contribution in [0.25, 0.3) is 0 Å². The van der Waals surface area contributed by atoms with Crippen molar-refractivity contribution in [2.75, 3.05) is 21.3 Å². The Morgan fingerprint density at radius 3 is 2.55 bits per heavy atom. The lowest BCUT2D eigenvalue weighted by Gasteiger charge is -2.24. The molecule has 2 heterocycles. The van der Waals surface area contributed by atoms with E-state index < -0.39 is 0 Å². The molecule has 0 aliphatic heterocycles. The second-order valence-corrected chi connectivity index (χ2v) is 6.67. The maximum Gasteiger partial charge on any atom is 0.183 e. The predicted molar refractivity (Wildman–Crippen MR) is 88.8 cm³/mol. The van der Waals surface area contributed by atoms with Gasteiger partial charge in [0.1, 0.15) is 5.69 Å². The first-order chi connectivity index (χ1) is 10.5. The van der Waals surface area contributed by atoms with Crippen LogP contribution >= 0.6 is 11.3 Å². The number of hydrogen-bond donors (Lipinski definition) is 0. The zero-order valence-electron chi connectivity index (χ0n) is 14.0. The Balaban J connectivity index is 2.21. The van der Waals surface area contributed by atoms with Crippen LogP contribution in [0.2, 0.25) is 0 Å². The van der Waals surface area contributed by atoms with Gasteiger partial charge in [0.05, 0.1) is 31.0 Å². The van der Waals surface area contributed by atoms with Gasteiger partial charge in [0, 0.05) is 23.7 Å². The molecule has 0 aliphatic carbocycles. The summed E-state index contributed by atoms with van der Waals surface area (Å²) >= 11 is 1.74. The van der Waals surface area contributed by atoms with Gasteiger partial charge in [-0.25, -0.2) is 4.98 Å².